The van der Waals surface area contributed by atoms with Crippen molar-refractivity contribution in [3.8, 4) is 0 Å². The SMILES string of the molecule is CCOC(=O)NNC(C)=CC(=O)C(F)(F)C(F)(F)C(F)(F)F. The van der Waals surface area contributed by atoms with E-state index in [1.54, 1.807) is 5.43 Å². The molecule has 0 aromatic heterocycles. The van der Waals surface area contributed by atoms with Gasteiger partial charge in [-0.1, -0.05) is 0 Å². The molecule has 0 aliphatic carbocycles. The van der Waals surface area contributed by atoms with Crippen LogP contribution >= 0.6 is 0 Å². The highest BCUT2D eigenvalue weighted by atomic mass is 19.4. The van der Waals surface area contributed by atoms with Crippen molar-refractivity contribution in [3.05, 3.63) is 11.8 Å². The van der Waals surface area contributed by atoms with Crippen LogP contribution in [0.4, 0.5) is 35.5 Å². The first-order valence-corrected chi connectivity index (χ1v) is 5.51. The molecule has 2 N–H and O–H groups in total. The highest BCUT2D eigenvalue weighted by Gasteiger charge is 2.75. The molecular weight excluding hydrogens is 329 g/mol. The van der Waals surface area contributed by atoms with Gasteiger partial charge in [-0.05, 0) is 13.8 Å². The van der Waals surface area contributed by atoms with Gasteiger partial charge in [0.1, 0.15) is 0 Å². The summed E-state index contributed by atoms with van der Waals surface area (Å²) < 4.78 is 91.1. The summed E-state index contributed by atoms with van der Waals surface area (Å²) in [6.07, 6.45) is -7.90. The first-order valence-electron chi connectivity index (χ1n) is 5.51. The average molecular weight is 340 g/mol. The summed E-state index contributed by atoms with van der Waals surface area (Å²) in [5, 5.41) is 0. The number of hydrogen-bond donors (Lipinski definition) is 2. The van der Waals surface area contributed by atoms with Gasteiger partial charge in [-0.2, -0.15) is 30.7 Å². The molecule has 5 nitrogen and oxygen atoms in total. The van der Waals surface area contributed by atoms with Crippen LogP contribution in [0.1, 0.15) is 13.8 Å². The molecule has 0 saturated carbocycles. The number of ether oxygens (including phenoxy) is 1. The highest BCUT2D eigenvalue weighted by molar-refractivity contribution is 5.97. The first-order chi connectivity index (χ1) is 9.77. The maximum absolute atomic E-state index is 13.0. The van der Waals surface area contributed by atoms with Crippen LogP contribution < -0.4 is 10.9 Å². The Balaban J connectivity index is 5.02. The Morgan fingerprint density at radius 2 is 1.55 bits per heavy atom. The maximum Gasteiger partial charge on any atom is 0.460 e. The maximum atomic E-state index is 13.0. The van der Waals surface area contributed by atoms with Crippen molar-refractivity contribution in [1.29, 1.82) is 0 Å². The third-order valence-electron chi connectivity index (χ3n) is 2.04. The van der Waals surface area contributed by atoms with Crippen LogP contribution in [-0.2, 0) is 9.53 Å². The molecule has 0 saturated heterocycles. The molecule has 1 amide bonds. The van der Waals surface area contributed by atoms with E-state index in [2.05, 4.69) is 4.74 Å². The quantitative estimate of drug-likeness (QED) is 0.443. The fraction of sp³-hybridized carbons (Fsp3) is 0.600. The molecule has 0 fully saturated rings. The predicted molar refractivity (Wildman–Crippen MR) is 58.0 cm³/mol. The number of carbonyl (C=O) groups excluding carboxylic acids is 2. The van der Waals surface area contributed by atoms with Crippen molar-refractivity contribution < 1.29 is 45.1 Å². The van der Waals surface area contributed by atoms with E-state index >= 15 is 0 Å². The monoisotopic (exact) mass is 340 g/mol. The third-order valence-corrected chi connectivity index (χ3v) is 2.04. The van der Waals surface area contributed by atoms with Gasteiger partial charge in [0.15, 0.2) is 0 Å². The van der Waals surface area contributed by atoms with Crippen molar-refractivity contribution in [2.45, 2.75) is 31.9 Å². The molecule has 0 radical (unpaired) electrons. The molecule has 0 aromatic rings. The molecule has 0 aromatic carbocycles. The second kappa shape index (κ2) is 6.83. The van der Waals surface area contributed by atoms with Gasteiger partial charge < -0.3 is 10.2 Å². The zero-order valence-corrected chi connectivity index (χ0v) is 11.2. The van der Waals surface area contributed by atoms with Crippen molar-refractivity contribution in [1.82, 2.24) is 10.9 Å². The van der Waals surface area contributed by atoms with Crippen LogP contribution in [-0.4, -0.2) is 36.5 Å². The largest absolute Gasteiger partial charge is 0.460 e. The molecule has 0 heterocycles. The standard InChI is InChI=1S/C10H11F7N2O3/c1-3-22-7(21)19-18-5(2)4-6(20)8(11,12)9(13,14)10(15,16)17/h4,18H,3H2,1-2H3,(H,19,21). The van der Waals surface area contributed by atoms with E-state index in [9.17, 15) is 40.3 Å². The summed E-state index contributed by atoms with van der Waals surface area (Å²) in [5.74, 6) is -15.3. The zero-order chi connectivity index (χ0) is 17.8. The van der Waals surface area contributed by atoms with Gasteiger partial charge in [0.05, 0.1) is 6.61 Å². The van der Waals surface area contributed by atoms with E-state index in [-0.39, 0.29) is 12.7 Å². The number of rotatable bonds is 6. The molecule has 0 aliphatic rings. The number of ketones is 1. The lowest BCUT2D eigenvalue weighted by molar-refractivity contribution is -0.342. The molecule has 0 unspecified atom stereocenters. The van der Waals surface area contributed by atoms with Crippen molar-refractivity contribution in [2.24, 2.45) is 0 Å². The lowest BCUT2D eigenvalue weighted by Crippen LogP contribution is -2.55. The fourth-order valence-electron chi connectivity index (χ4n) is 0.973. The van der Waals surface area contributed by atoms with Gasteiger partial charge in [-0.3, -0.25) is 4.79 Å². The Bertz CT molecular complexity index is 460. The molecule has 128 valence electrons. The zero-order valence-electron chi connectivity index (χ0n) is 11.2. The lowest BCUT2D eigenvalue weighted by atomic mass is 10.1. The Morgan fingerprint density at radius 3 is 1.95 bits per heavy atom. The number of nitrogens with one attached hydrogen (secondary N) is 2. The molecular formula is C10H11F7N2O3. The number of halogens is 7. The normalized spacial score (nSPS) is 13.6. The van der Waals surface area contributed by atoms with Crippen LogP contribution in [0.25, 0.3) is 0 Å². The van der Waals surface area contributed by atoms with Crippen LogP contribution in [0, 0.1) is 0 Å². The van der Waals surface area contributed by atoms with Gasteiger partial charge in [0.25, 0.3) is 0 Å². The minimum absolute atomic E-state index is 0.0505. The van der Waals surface area contributed by atoms with E-state index in [0.29, 0.717) is 0 Å². The first kappa shape index (κ1) is 20.0. The van der Waals surface area contributed by atoms with Crippen molar-refractivity contribution >= 4 is 11.9 Å². The molecule has 0 rings (SSSR count). The van der Waals surface area contributed by atoms with Gasteiger partial charge in [0, 0.05) is 11.8 Å². The second-order valence-corrected chi connectivity index (χ2v) is 3.81. The molecule has 12 heteroatoms. The summed E-state index contributed by atoms with van der Waals surface area (Å²) >= 11 is 0. The Hall–Kier alpha value is -2.01. The number of amides is 1. The number of allylic oxidation sites excluding steroid dienone is 2. The second-order valence-electron chi connectivity index (χ2n) is 3.81. The number of alkyl halides is 7. The molecule has 0 aliphatic heterocycles. The average Bonchev–Trinajstić information content (AvgIpc) is 2.35. The summed E-state index contributed by atoms with van der Waals surface area (Å²) in [4.78, 5) is 21.7. The van der Waals surface area contributed by atoms with Crippen molar-refractivity contribution in [2.75, 3.05) is 6.61 Å². The van der Waals surface area contributed by atoms with E-state index in [0.717, 1.165) is 6.92 Å². The van der Waals surface area contributed by atoms with Crippen molar-refractivity contribution in [3.63, 3.8) is 0 Å². The molecule has 22 heavy (non-hydrogen) atoms. The summed E-state index contributed by atoms with van der Waals surface area (Å²) in [5.41, 5.74) is 2.92. The summed E-state index contributed by atoms with van der Waals surface area (Å²) in [6, 6.07) is 0. The summed E-state index contributed by atoms with van der Waals surface area (Å²) in [7, 11) is 0. The topological polar surface area (TPSA) is 67.4 Å². The van der Waals surface area contributed by atoms with Crippen LogP contribution in [0.5, 0.6) is 0 Å². The Kier molecular flexibility index (Phi) is 6.21. The third kappa shape index (κ3) is 4.49. The molecule has 0 spiro atoms. The van der Waals surface area contributed by atoms with Gasteiger partial charge >= 0.3 is 24.1 Å². The van der Waals surface area contributed by atoms with Crippen LogP contribution in [0.15, 0.2) is 11.8 Å². The van der Waals surface area contributed by atoms with Gasteiger partial charge in [-0.15, -0.1) is 0 Å². The summed E-state index contributed by atoms with van der Waals surface area (Å²) in [6.45, 7) is 2.25. The highest BCUT2D eigenvalue weighted by Crippen LogP contribution is 2.47. The van der Waals surface area contributed by atoms with E-state index in [1.807, 2.05) is 5.43 Å². The number of carbonyl (C=O) groups is 2. The Morgan fingerprint density at radius 1 is 1.05 bits per heavy atom. The minimum Gasteiger partial charge on any atom is -0.449 e. The molecule has 0 bridgehead atoms. The van der Waals surface area contributed by atoms with E-state index in [4.69, 9.17) is 0 Å². The van der Waals surface area contributed by atoms with E-state index in [1.165, 1.54) is 6.92 Å². The van der Waals surface area contributed by atoms with Gasteiger partial charge in [0.2, 0.25) is 5.78 Å². The minimum atomic E-state index is -6.61. The Labute approximate surface area is 119 Å². The smallest absolute Gasteiger partial charge is 0.449 e. The van der Waals surface area contributed by atoms with Crippen LogP contribution in [0.2, 0.25) is 0 Å². The molecule has 0 atom stereocenters. The van der Waals surface area contributed by atoms with E-state index < -0.39 is 35.6 Å². The lowest BCUT2D eigenvalue weighted by Gasteiger charge is -2.26. The van der Waals surface area contributed by atoms with Crippen LogP contribution in [0.3, 0.4) is 0 Å². The van der Waals surface area contributed by atoms with Gasteiger partial charge in [-0.25, -0.2) is 10.2 Å². The number of hydrogen-bond acceptors (Lipinski definition) is 4. The fourth-order valence-corrected chi connectivity index (χ4v) is 0.973. The number of hydrazine groups is 1. The predicted octanol–water partition coefficient (Wildman–Crippen LogP) is 2.54.